The highest BCUT2D eigenvalue weighted by molar-refractivity contribution is 9.10. The van der Waals surface area contributed by atoms with Crippen molar-refractivity contribution < 1.29 is 15.2 Å². The highest BCUT2D eigenvalue weighted by Gasteiger charge is 1.95. The molecule has 0 heterocycles. The highest BCUT2D eigenvalue weighted by Crippen LogP contribution is 2.16. The maximum Gasteiger partial charge on any atom is 0.119 e. The van der Waals surface area contributed by atoms with Crippen molar-refractivity contribution >= 4 is 15.9 Å². The molecule has 0 aromatic heterocycles. The summed E-state index contributed by atoms with van der Waals surface area (Å²) in [5.74, 6) is 0.931. The van der Waals surface area contributed by atoms with Crippen molar-refractivity contribution in [2.75, 3.05) is 26.3 Å². The van der Waals surface area contributed by atoms with Crippen LogP contribution in [0.3, 0.4) is 0 Å². The largest absolute Gasteiger partial charge is 0.494 e. The lowest BCUT2D eigenvalue weighted by Gasteiger charge is -2.05. The van der Waals surface area contributed by atoms with Gasteiger partial charge in [-0.1, -0.05) is 15.9 Å². The third-order valence-corrected chi connectivity index (χ3v) is 3.00. The zero-order valence-corrected chi connectivity index (χ0v) is 11.7. The number of hydrogen-bond donors (Lipinski definition) is 2. The second kappa shape index (κ2) is 9.45. The number of quaternary nitrogens is 1. The SMILES string of the molecule is OCC[NH2+]CCCCCOc1ccc(Br)cc1. The van der Waals surface area contributed by atoms with Gasteiger partial charge in [-0.2, -0.15) is 0 Å². The van der Waals surface area contributed by atoms with E-state index in [2.05, 4.69) is 21.2 Å². The molecule has 0 aliphatic carbocycles. The summed E-state index contributed by atoms with van der Waals surface area (Å²) in [5.41, 5.74) is 0. The third-order valence-electron chi connectivity index (χ3n) is 2.47. The Balaban J connectivity index is 1.95. The van der Waals surface area contributed by atoms with Crippen LogP contribution in [0.2, 0.25) is 0 Å². The quantitative estimate of drug-likeness (QED) is 0.680. The van der Waals surface area contributed by atoms with Gasteiger partial charge in [0, 0.05) is 4.47 Å². The minimum atomic E-state index is 0.271. The van der Waals surface area contributed by atoms with Crippen molar-refractivity contribution in [1.82, 2.24) is 0 Å². The fourth-order valence-corrected chi connectivity index (χ4v) is 1.79. The molecule has 17 heavy (non-hydrogen) atoms. The van der Waals surface area contributed by atoms with Crippen molar-refractivity contribution in [2.45, 2.75) is 19.3 Å². The van der Waals surface area contributed by atoms with Crippen molar-refractivity contribution in [3.63, 3.8) is 0 Å². The molecule has 1 aromatic carbocycles. The van der Waals surface area contributed by atoms with Crippen LogP contribution in [0.25, 0.3) is 0 Å². The van der Waals surface area contributed by atoms with Gasteiger partial charge in [-0.25, -0.2) is 0 Å². The Hall–Kier alpha value is -0.580. The van der Waals surface area contributed by atoms with E-state index >= 15 is 0 Å². The Morgan fingerprint density at radius 3 is 2.53 bits per heavy atom. The lowest BCUT2D eigenvalue weighted by Crippen LogP contribution is -2.85. The van der Waals surface area contributed by atoms with E-state index in [-0.39, 0.29) is 6.61 Å². The molecule has 0 aliphatic heterocycles. The van der Waals surface area contributed by atoms with E-state index in [1.165, 1.54) is 12.8 Å². The fourth-order valence-electron chi connectivity index (χ4n) is 1.52. The predicted molar refractivity (Wildman–Crippen MR) is 72.2 cm³/mol. The number of ether oxygens (including phenoxy) is 1. The van der Waals surface area contributed by atoms with E-state index in [4.69, 9.17) is 9.84 Å². The number of halogens is 1. The number of rotatable bonds is 9. The van der Waals surface area contributed by atoms with E-state index in [9.17, 15) is 0 Å². The minimum absolute atomic E-state index is 0.271. The van der Waals surface area contributed by atoms with Gasteiger partial charge in [0.05, 0.1) is 26.3 Å². The van der Waals surface area contributed by atoms with Gasteiger partial charge in [0.2, 0.25) is 0 Å². The third kappa shape index (κ3) is 7.36. The molecule has 96 valence electrons. The van der Waals surface area contributed by atoms with Gasteiger partial charge in [-0.3, -0.25) is 0 Å². The first-order chi connectivity index (χ1) is 8.33. The fraction of sp³-hybridized carbons (Fsp3) is 0.538. The molecule has 0 radical (unpaired) electrons. The molecule has 0 fully saturated rings. The molecule has 0 saturated carbocycles. The maximum absolute atomic E-state index is 8.60. The maximum atomic E-state index is 8.60. The molecular weight excluding hydrogens is 282 g/mol. The zero-order valence-electron chi connectivity index (χ0n) is 10.1. The first-order valence-corrected chi connectivity index (χ1v) is 6.93. The molecule has 3 nitrogen and oxygen atoms in total. The van der Waals surface area contributed by atoms with Crippen LogP contribution in [0.1, 0.15) is 19.3 Å². The Kier molecular flexibility index (Phi) is 8.05. The Morgan fingerprint density at radius 1 is 1.06 bits per heavy atom. The number of nitrogens with two attached hydrogens (primary N) is 1. The van der Waals surface area contributed by atoms with Crippen LogP contribution in [0.5, 0.6) is 5.75 Å². The Morgan fingerprint density at radius 2 is 1.82 bits per heavy atom. The van der Waals surface area contributed by atoms with Crippen LogP contribution >= 0.6 is 15.9 Å². The molecule has 0 atom stereocenters. The average Bonchev–Trinajstić information content (AvgIpc) is 2.35. The number of hydrogen-bond acceptors (Lipinski definition) is 2. The number of aliphatic hydroxyl groups is 1. The molecule has 1 aromatic rings. The van der Waals surface area contributed by atoms with E-state index in [1.807, 2.05) is 24.3 Å². The smallest absolute Gasteiger partial charge is 0.119 e. The lowest BCUT2D eigenvalue weighted by atomic mass is 10.2. The molecule has 0 amide bonds. The van der Waals surface area contributed by atoms with Gasteiger partial charge in [-0.15, -0.1) is 0 Å². The normalized spacial score (nSPS) is 10.5. The van der Waals surface area contributed by atoms with Crippen LogP contribution in [0.4, 0.5) is 0 Å². The predicted octanol–water partition coefficient (Wildman–Crippen LogP) is 1.55. The van der Waals surface area contributed by atoms with Crippen molar-refractivity contribution in [3.8, 4) is 5.75 Å². The molecular formula is C13H21BrNO2+. The Labute approximate surface area is 111 Å². The first-order valence-electron chi connectivity index (χ1n) is 6.14. The highest BCUT2D eigenvalue weighted by atomic mass is 79.9. The van der Waals surface area contributed by atoms with E-state index < -0.39 is 0 Å². The van der Waals surface area contributed by atoms with Gasteiger partial charge < -0.3 is 15.2 Å². The van der Waals surface area contributed by atoms with Gasteiger partial charge in [0.15, 0.2) is 0 Å². The summed E-state index contributed by atoms with van der Waals surface area (Å²) >= 11 is 3.39. The second-order valence-electron chi connectivity index (χ2n) is 3.95. The minimum Gasteiger partial charge on any atom is -0.494 e. The van der Waals surface area contributed by atoms with Crippen LogP contribution in [0, 0.1) is 0 Å². The van der Waals surface area contributed by atoms with Crippen LogP contribution in [-0.4, -0.2) is 31.4 Å². The number of benzene rings is 1. The lowest BCUT2D eigenvalue weighted by molar-refractivity contribution is -0.656. The Bertz CT molecular complexity index is 290. The summed E-state index contributed by atoms with van der Waals surface area (Å²) in [6, 6.07) is 7.91. The summed E-state index contributed by atoms with van der Waals surface area (Å²) in [6.45, 7) is 2.96. The summed E-state index contributed by atoms with van der Waals surface area (Å²) in [5, 5.41) is 10.7. The van der Waals surface area contributed by atoms with Gasteiger partial charge in [-0.05, 0) is 43.5 Å². The molecule has 0 unspecified atom stereocenters. The molecule has 3 N–H and O–H groups in total. The van der Waals surface area contributed by atoms with E-state index in [0.29, 0.717) is 0 Å². The number of aliphatic hydroxyl groups excluding tert-OH is 1. The zero-order chi connectivity index (χ0) is 12.3. The summed E-state index contributed by atoms with van der Waals surface area (Å²) in [7, 11) is 0. The van der Waals surface area contributed by atoms with Crippen molar-refractivity contribution in [2.24, 2.45) is 0 Å². The van der Waals surface area contributed by atoms with E-state index in [1.54, 1.807) is 0 Å². The molecule has 1 rings (SSSR count). The van der Waals surface area contributed by atoms with Crippen molar-refractivity contribution in [1.29, 1.82) is 0 Å². The standard InChI is InChI=1S/C13H20BrNO2/c14-12-4-6-13(7-5-12)17-11-3-1-2-8-15-9-10-16/h4-7,15-16H,1-3,8-11H2/p+1. The van der Waals surface area contributed by atoms with Gasteiger partial charge in [0.25, 0.3) is 0 Å². The molecule has 0 saturated heterocycles. The molecule has 0 spiro atoms. The van der Waals surface area contributed by atoms with Gasteiger partial charge >= 0.3 is 0 Å². The van der Waals surface area contributed by atoms with Crippen LogP contribution in [0.15, 0.2) is 28.7 Å². The summed E-state index contributed by atoms with van der Waals surface area (Å²) in [4.78, 5) is 0. The number of unbranched alkanes of at least 4 members (excludes halogenated alkanes) is 2. The molecule has 4 heteroatoms. The monoisotopic (exact) mass is 302 g/mol. The first kappa shape index (κ1) is 14.5. The summed E-state index contributed by atoms with van der Waals surface area (Å²) in [6.07, 6.45) is 3.45. The average molecular weight is 303 g/mol. The molecule has 0 aliphatic rings. The molecule has 0 bridgehead atoms. The summed E-state index contributed by atoms with van der Waals surface area (Å²) < 4.78 is 6.69. The van der Waals surface area contributed by atoms with Crippen LogP contribution < -0.4 is 10.1 Å². The topological polar surface area (TPSA) is 46.1 Å². The van der Waals surface area contributed by atoms with E-state index in [0.717, 1.165) is 36.3 Å². The van der Waals surface area contributed by atoms with Crippen molar-refractivity contribution in [3.05, 3.63) is 28.7 Å². The van der Waals surface area contributed by atoms with Crippen LogP contribution in [-0.2, 0) is 0 Å². The second-order valence-corrected chi connectivity index (χ2v) is 4.87. The van der Waals surface area contributed by atoms with Gasteiger partial charge in [0.1, 0.15) is 5.75 Å².